The standard InChI is InChI=1S/C24H21N3OS/c1-17-8-7-11-19(14-17)25-23(28)16-29-24-22(15-18-9-3-2-4-10-18)26-20-12-5-6-13-21(20)27-24/h2-14H,15-16H2,1H3,(H,25,28). The van der Waals surface area contributed by atoms with E-state index in [-0.39, 0.29) is 11.7 Å². The second kappa shape index (κ2) is 8.88. The van der Waals surface area contributed by atoms with Crippen molar-refractivity contribution >= 4 is 34.4 Å². The van der Waals surface area contributed by atoms with Gasteiger partial charge in [0.15, 0.2) is 0 Å². The summed E-state index contributed by atoms with van der Waals surface area (Å²) in [4.78, 5) is 22.1. The Morgan fingerprint density at radius 3 is 2.38 bits per heavy atom. The van der Waals surface area contributed by atoms with Gasteiger partial charge in [-0.3, -0.25) is 4.79 Å². The first kappa shape index (κ1) is 19.2. The van der Waals surface area contributed by atoms with E-state index < -0.39 is 0 Å². The Morgan fingerprint density at radius 2 is 1.62 bits per heavy atom. The average molecular weight is 400 g/mol. The second-order valence-corrected chi connectivity index (χ2v) is 7.80. The lowest BCUT2D eigenvalue weighted by Crippen LogP contribution is -2.14. The number of anilines is 1. The fraction of sp³-hybridized carbons (Fsp3) is 0.125. The van der Waals surface area contributed by atoms with Crippen molar-refractivity contribution < 1.29 is 4.79 Å². The maximum atomic E-state index is 12.5. The smallest absolute Gasteiger partial charge is 0.234 e. The zero-order chi connectivity index (χ0) is 20.1. The number of hydrogen-bond donors (Lipinski definition) is 1. The van der Waals surface area contributed by atoms with Crippen LogP contribution in [0.2, 0.25) is 0 Å². The second-order valence-electron chi connectivity index (χ2n) is 6.83. The molecule has 29 heavy (non-hydrogen) atoms. The van der Waals surface area contributed by atoms with Gasteiger partial charge in [0, 0.05) is 12.1 Å². The summed E-state index contributed by atoms with van der Waals surface area (Å²) < 4.78 is 0. The molecule has 0 aliphatic carbocycles. The van der Waals surface area contributed by atoms with Crippen LogP contribution in [0.3, 0.4) is 0 Å². The molecule has 0 aliphatic heterocycles. The van der Waals surface area contributed by atoms with Crippen LogP contribution in [0.4, 0.5) is 5.69 Å². The Labute approximate surface area is 174 Å². The van der Waals surface area contributed by atoms with Gasteiger partial charge in [0.1, 0.15) is 5.03 Å². The van der Waals surface area contributed by atoms with E-state index in [2.05, 4.69) is 17.4 Å². The molecule has 0 aliphatic rings. The van der Waals surface area contributed by atoms with Gasteiger partial charge in [0.05, 0.1) is 22.5 Å². The van der Waals surface area contributed by atoms with Crippen molar-refractivity contribution in [2.45, 2.75) is 18.4 Å². The minimum atomic E-state index is -0.0544. The van der Waals surface area contributed by atoms with E-state index in [1.54, 1.807) is 0 Å². The lowest BCUT2D eigenvalue weighted by Gasteiger charge is -2.10. The van der Waals surface area contributed by atoms with Crippen LogP contribution in [0, 0.1) is 6.92 Å². The van der Waals surface area contributed by atoms with Gasteiger partial charge in [-0.05, 0) is 42.3 Å². The van der Waals surface area contributed by atoms with Crippen molar-refractivity contribution in [1.82, 2.24) is 9.97 Å². The predicted octanol–water partition coefficient (Wildman–Crippen LogP) is 5.26. The van der Waals surface area contributed by atoms with Gasteiger partial charge in [-0.25, -0.2) is 9.97 Å². The topological polar surface area (TPSA) is 54.9 Å². The fourth-order valence-corrected chi connectivity index (χ4v) is 3.88. The number of nitrogens with zero attached hydrogens (tertiary/aromatic N) is 2. The Balaban J connectivity index is 1.54. The number of benzene rings is 3. The molecule has 1 amide bonds. The predicted molar refractivity (Wildman–Crippen MR) is 119 cm³/mol. The number of fused-ring (bicyclic) bond motifs is 1. The summed E-state index contributed by atoms with van der Waals surface area (Å²) in [6, 6.07) is 25.8. The van der Waals surface area contributed by atoms with E-state index >= 15 is 0 Å². The largest absolute Gasteiger partial charge is 0.325 e. The molecule has 1 aromatic heterocycles. The molecule has 4 aromatic rings. The monoisotopic (exact) mass is 399 g/mol. The van der Waals surface area contributed by atoms with Crippen LogP contribution >= 0.6 is 11.8 Å². The maximum absolute atomic E-state index is 12.5. The molecule has 144 valence electrons. The molecule has 0 fully saturated rings. The summed E-state index contributed by atoms with van der Waals surface area (Å²) in [5.74, 6) is 0.226. The lowest BCUT2D eigenvalue weighted by molar-refractivity contribution is -0.113. The van der Waals surface area contributed by atoms with Gasteiger partial charge >= 0.3 is 0 Å². The van der Waals surface area contributed by atoms with Crippen LogP contribution in [0.15, 0.2) is 83.9 Å². The third-order valence-corrected chi connectivity index (χ3v) is 5.47. The van der Waals surface area contributed by atoms with Crippen LogP contribution in [0.25, 0.3) is 11.0 Å². The number of carbonyl (C=O) groups is 1. The minimum absolute atomic E-state index is 0.0544. The van der Waals surface area contributed by atoms with Crippen LogP contribution in [0.1, 0.15) is 16.8 Å². The zero-order valence-corrected chi connectivity index (χ0v) is 16.9. The number of nitrogens with one attached hydrogen (secondary N) is 1. The fourth-order valence-electron chi connectivity index (χ4n) is 3.09. The van der Waals surface area contributed by atoms with E-state index in [0.29, 0.717) is 6.42 Å². The summed E-state index contributed by atoms with van der Waals surface area (Å²) in [5.41, 5.74) is 5.69. The molecule has 0 atom stereocenters. The van der Waals surface area contributed by atoms with E-state index in [1.165, 1.54) is 17.3 Å². The SMILES string of the molecule is Cc1cccc(NC(=O)CSc2nc3ccccc3nc2Cc2ccccc2)c1. The number of para-hydroxylation sites is 2. The molecule has 4 rings (SSSR count). The van der Waals surface area contributed by atoms with Gasteiger partial charge in [-0.15, -0.1) is 0 Å². The summed E-state index contributed by atoms with van der Waals surface area (Å²) in [7, 11) is 0. The number of rotatable bonds is 6. The lowest BCUT2D eigenvalue weighted by atomic mass is 10.1. The van der Waals surface area contributed by atoms with Crippen LogP contribution in [0.5, 0.6) is 0 Å². The van der Waals surface area contributed by atoms with E-state index in [1.807, 2.05) is 73.7 Å². The molecule has 0 bridgehead atoms. The Morgan fingerprint density at radius 1 is 0.897 bits per heavy atom. The maximum Gasteiger partial charge on any atom is 0.234 e. The van der Waals surface area contributed by atoms with Crippen molar-refractivity contribution in [3.05, 3.63) is 95.7 Å². The van der Waals surface area contributed by atoms with Crippen molar-refractivity contribution in [2.75, 3.05) is 11.1 Å². The van der Waals surface area contributed by atoms with Crippen molar-refractivity contribution in [1.29, 1.82) is 0 Å². The molecular formula is C24H21N3OS. The zero-order valence-electron chi connectivity index (χ0n) is 16.1. The van der Waals surface area contributed by atoms with Crippen LogP contribution < -0.4 is 5.32 Å². The first-order valence-corrected chi connectivity index (χ1v) is 10.4. The molecule has 0 unspecified atom stereocenters. The highest BCUT2D eigenvalue weighted by atomic mass is 32.2. The van der Waals surface area contributed by atoms with E-state index in [4.69, 9.17) is 9.97 Å². The molecular weight excluding hydrogens is 378 g/mol. The Hall–Kier alpha value is -3.18. The third-order valence-electron chi connectivity index (χ3n) is 4.46. The average Bonchev–Trinajstić information content (AvgIpc) is 2.73. The van der Waals surface area contributed by atoms with Crippen LogP contribution in [-0.2, 0) is 11.2 Å². The summed E-state index contributed by atoms with van der Waals surface area (Å²) in [5, 5.41) is 3.75. The van der Waals surface area contributed by atoms with Crippen molar-refractivity contribution in [3.8, 4) is 0 Å². The normalized spacial score (nSPS) is 10.8. The summed E-state index contributed by atoms with van der Waals surface area (Å²) in [6.07, 6.45) is 0.681. The molecule has 1 N–H and O–H groups in total. The molecule has 0 saturated carbocycles. The van der Waals surface area contributed by atoms with Gasteiger partial charge in [0.2, 0.25) is 5.91 Å². The Bertz CT molecular complexity index is 1150. The number of aryl methyl sites for hydroxylation is 1. The molecule has 0 saturated heterocycles. The van der Waals surface area contributed by atoms with E-state index in [0.717, 1.165) is 33.0 Å². The first-order chi connectivity index (χ1) is 14.2. The van der Waals surface area contributed by atoms with E-state index in [9.17, 15) is 4.79 Å². The van der Waals surface area contributed by atoms with Gasteiger partial charge in [-0.1, -0.05) is 66.4 Å². The third kappa shape index (κ3) is 5.00. The Kier molecular flexibility index (Phi) is 5.86. The number of hydrogen-bond acceptors (Lipinski definition) is 4. The molecule has 5 heteroatoms. The number of carbonyl (C=O) groups excluding carboxylic acids is 1. The van der Waals surface area contributed by atoms with Gasteiger partial charge in [-0.2, -0.15) is 0 Å². The highest BCUT2D eigenvalue weighted by Crippen LogP contribution is 2.25. The molecule has 0 radical (unpaired) electrons. The highest BCUT2D eigenvalue weighted by molar-refractivity contribution is 8.00. The van der Waals surface area contributed by atoms with Gasteiger partial charge < -0.3 is 5.32 Å². The van der Waals surface area contributed by atoms with Crippen molar-refractivity contribution in [3.63, 3.8) is 0 Å². The number of amides is 1. The number of aromatic nitrogens is 2. The first-order valence-electron chi connectivity index (χ1n) is 9.46. The quantitative estimate of drug-likeness (QED) is 0.449. The molecule has 0 spiro atoms. The highest BCUT2D eigenvalue weighted by Gasteiger charge is 2.13. The summed E-state index contributed by atoms with van der Waals surface area (Å²) in [6.45, 7) is 2.00. The van der Waals surface area contributed by atoms with Crippen LogP contribution in [-0.4, -0.2) is 21.6 Å². The van der Waals surface area contributed by atoms with Crippen molar-refractivity contribution in [2.24, 2.45) is 0 Å². The molecule has 1 heterocycles. The molecule has 3 aromatic carbocycles. The molecule has 4 nitrogen and oxygen atoms in total. The minimum Gasteiger partial charge on any atom is -0.325 e. The number of thioether (sulfide) groups is 1. The van der Waals surface area contributed by atoms with Gasteiger partial charge in [0.25, 0.3) is 0 Å². The summed E-state index contributed by atoms with van der Waals surface area (Å²) >= 11 is 1.43.